The number of rotatable bonds is 3. The summed E-state index contributed by atoms with van der Waals surface area (Å²) in [5.41, 5.74) is 2.22. The average Bonchev–Trinajstić information content (AvgIpc) is 3.05. The van der Waals surface area contributed by atoms with E-state index in [-0.39, 0.29) is 6.03 Å². The van der Waals surface area contributed by atoms with E-state index in [1.54, 1.807) is 11.3 Å². The zero-order chi connectivity index (χ0) is 17.8. The molecule has 4 nitrogen and oxygen atoms in total. The molecule has 1 aromatic heterocycles. The maximum atomic E-state index is 12.7. The third-order valence-corrected chi connectivity index (χ3v) is 5.59. The van der Waals surface area contributed by atoms with Crippen LogP contribution in [-0.2, 0) is 6.54 Å². The second kappa shape index (κ2) is 7.89. The predicted octanol–water partition coefficient (Wildman–Crippen LogP) is 4.64. The quantitative estimate of drug-likeness (QED) is 0.734. The normalized spacial score (nSPS) is 15.8. The van der Waals surface area contributed by atoms with Gasteiger partial charge in [0.15, 0.2) is 0 Å². The lowest BCUT2D eigenvalue weighted by Crippen LogP contribution is -2.38. The zero-order valence-corrected chi connectivity index (χ0v) is 15.5. The first kappa shape index (κ1) is 17.1. The number of urea groups is 1. The largest absolute Gasteiger partial charge is 0.323 e. The molecular formula is C21H23N3OS. The van der Waals surface area contributed by atoms with Gasteiger partial charge in [-0.2, -0.15) is 11.3 Å². The summed E-state index contributed by atoms with van der Waals surface area (Å²) >= 11 is 1.74. The molecular weight excluding hydrogens is 342 g/mol. The van der Waals surface area contributed by atoms with Crippen LogP contribution in [0.3, 0.4) is 0 Å². The Kier molecular flexibility index (Phi) is 5.18. The number of carbonyl (C=O) groups excluding carboxylic acids is 1. The first-order valence-electron chi connectivity index (χ1n) is 9.06. The van der Waals surface area contributed by atoms with E-state index in [2.05, 4.69) is 45.2 Å². The molecule has 0 aliphatic carbocycles. The molecule has 2 aromatic carbocycles. The highest BCUT2D eigenvalue weighted by atomic mass is 32.1. The SMILES string of the molecule is O=C(Nc1ccc2ccccc2c1)N1CCCN(Cc2ccsc2)CC1. The Labute approximate surface area is 158 Å². The van der Waals surface area contributed by atoms with Crippen molar-refractivity contribution in [1.82, 2.24) is 9.80 Å². The van der Waals surface area contributed by atoms with Crippen molar-refractivity contribution in [2.45, 2.75) is 13.0 Å². The van der Waals surface area contributed by atoms with Crippen LogP contribution in [0.25, 0.3) is 10.8 Å². The molecule has 1 N–H and O–H groups in total. The summed E-state index contributed by atoms with van der Waals surface area (Å²) in [6.45, 7) is 4.50. The second-order valence-electron chi connectivity index (χ2n) is 6.74. The summed E-state index contributed by atoms with van der Waals surface area (Å²) in [7, 11) is 0. The summed E-state index contributed by atoms with van der Waals surface area (Å²) in [5, 5.41) is 9.71. The highest BCUT2D eigenvalue weighted by molar-refractivity contribution is 7.07. The van der Waals surface area contributed by atoms with E-state index < -0.39 is 0 Å². The van der Waals surface area contributed by atoms with Crippen LogP contribution in [0.15, 0.2) is 59.3 Å². The van der Waals surface area contributed by atoms with Gasteiger partial charge in [-0.1, -0.05) is 30.3 Å². The van der Waals surface area contributed by atoms with Crippen LogP contribution in [0.4, 0.5) is 10.5 Å². The van der Waals surface area contributed by atoms with Crippen LogP contribution < -0.4 is 5.32 Å². The number of benzene rings is 2. The Morgan fingerprint density at radius 2 is 1.88 bits per heavy atom. The van der Waals surface area contributed by atoms with E-state index in [1.165, 1.54) is 10.9 Å². The lowest BCUT2D eigenvalue weighted by molar-refractivity contribution is 0.211. The average molecular weight is 366 g/mol. The molecule has 2 heterocycles. The second-order valence-corrected chi connectivity index (χ2v) is 7.52. The fraction of sp³-hybridized carbons (Fsp3) is 0.286. The Bertz CT molecular complexity index is 878. The molecule has 1 aliphatic heterocycles. The van der Waals surface area contributed by atoms with Crippen LogP contribution in [0, 0.1) is 0 Å². The Hall–Kier alpha value is -2.37. The van der Waals surface area contributed by atoms with E-state index in [0.29, 0.717) is 0 Å². The number of hydrogen-bond acceptors (Lipinski definition) is 3. The molecule has 134 valence electrons. The Balaban J connectivity index is 1.36. The van der Waals surface area contributed by atoms with Gasteiger partial charge in [0.05, 0.1) is 0 Å². The minimum atomic E-state index is -0.00216. The zero-order valence-electron chi connectivity index (χ0n) is 14.7. The van der Waals surface area contributed by atoms with Crippen molar-refractivity contribution in [3.05, 3.63) is 64.9 Å². The first-order valence-corrected chi connectivity index (χ1v) is 10.0. The number of carbonyl (C=O) groups is 1. The standard InChI is InChI=1S/C21H23N3OS/c25-21(22-20-7-6-18-4-1-2-5-19(18)14-20)24-10-3-9-23(11-12-24)15-17-8-13-26-16-17/h1-2,4-8,13-14,16H,3,9-12,15H2,(H,22,25). The van der Waals surface area contributed by atoms with Gasteiger partial charge in [0.25, 0.3) is 0 Å². The smallest absolute Gasteiger partial charge is 0.321 e. The van der Waals surface area contributed by atoms with Gasteiger partial charge in [-0.25, -0.2) is 4.79 Å². The molecule has 1 aliphatic rings. The summed E-state index contributed by atoms with van der Waals surface area (Å²) < 4.78 is 0. The number of amides is 2. The molecule has 0 bridgehead atoms. The molecule has 3 aromatic rings. The highest BCUT2D eigenvalue weighted by Crippen LogP contribution is 2.19. The van der Waals surface area contributed by atoms with E-state index >= 15 is 0 Å². The van der Waals surface area contributed by atoms with Crippen LogP contribution in [0.2, 0.25) is 0 Å². The molecule has 1 fully saturated rings. The van der Waals surface area contributed by atoms with Crippen molar-refractivity contribution in [2.24, 2.45) is 0 Å². The minimum absolute atomic E-state index is 0.00216. The minimum Gasteiger partial charge on any atom is -0.323 e. The van der Waals surface area contributed by atoms with Gasteiger partial charge < -0.3 is 10.2 Å². The first-order chi connectivity index (χ1) is 12.8. The van der Waals surface area contributed by atoms with Crippen molar-refractivity contribution in [3.63, 3.8) is 0 Å². The van der Waals surface area contributed by atoms with Crippen molar-refractivity contribution in [2.75, 3.05) is 31.5 Å². The number of nitrogens with zero attached hydrogens (tertiary/aromatic N) is 2. The van der Waals surface area contributed by atoms with E-state index in [4.69, 9.17) is 0 Å². The van der Waals surface area contributed by atoms with Crippen molar-refractivity contribution >= 4 is 33.8 Å². The number of fused-ring (bicyclic) bond motifs is 1. The molecule has 0 saturated carbocycles. The number of hydrogen-bond donors (Lipinski definition) is 1. The van der Waals surface area contributed by atoms with Gasteiger partial charge in [0.2, 0.25) is 0 Å². The molecule has 1 saturated heterocycles. The number of nitrogens with one attached hydrogen (secondary N) is 1. The third kappa shape index (κ3) is 4.06. The third-order valence-electron chi connectivity index (χ3n) is 4.86. The summed E-state index contributed by atoms with van der Waals surface area (Å²) in [4.78, 5) is 17.0. The van der Waals surface area contributed by atoms with Crippen LogP contribution in [0.1, 0.15) is 12.0 Å². The number of anilines is 1. The van der Waals surface area contributed by atoms with Crippen molar-refractivity contribution < 1.29 is 4.79 Å². The number of thiophene rings is 1. The van der Waals surface area contributed by atoms with Crippen molar-refractivity contribution in [1.29, 1.82) is 0 Å². The molecule has 5 heteroatoms. The Morgan fingerprint density at radius 1 is 1.00 bits per heavy atom. The Morgan fingerprint density at radius 3 is 2.73 bits per heavy atom. The van der Waals surface area contributed by atoms with Crippen LogP contribution in [-0.4, -0.2) is 42.0 Å². The van der Waals surface area contributed by atoms with E-state index in [1.807, 2.05) is 29.2 Å². The van der Waals surface area contributed by atoms with Gasteiger partial charge in [-0.3, -0.25) is 4.90 Å². The fourth-order valence-corrected chi connectivity index (χ4v) is 4.10. The topological polar surface area (TPSA) is 35.6 Å². The van der Waals surface area contributed by atoms with E-state index in [0.717, 1.165) is 50.2 Å². The lowest BCUT2D eigenvalue weighted by Gasteiger charge is -2.22. The summed E-state index contributed by atoms with van der Waals surface area (Å²) in [6.07, 6.45) is 1.01. The highest BCUT2D eigenvalue weighted by Gasteiger charge is 2.19. The molecule has 0 atom stereocenters. The molecule has 2 amide bonds. The van der Waals surface area contributed by atoms with Crippen LogP contribution >= 0.6 is 11.3 Å². The predicted molar refractivity (Wildman–Crippen MR) is 109 cm³/mol. The maximum absolute atomic E-state index is 12.7. The molecule has 4 rings (SSSR count). The van der Waals surface area contributed by atoms with Gasteiger partial charge in [-0.15, -0.1) is 0 Å². The summed E-state index contributed by atoms with van der Waals surface area (Å²) in [6, 6.07) is 16.4. The van der Waals surface area contributed by atoms with Gasteiger partial charge in [0.1, 0.15) is 0 Å². The van der Waals surface area contributed by atoms with E-state index in [9.17, 15) is 4.79 Å². The van der Waals surface area contributed by atoms with Gasteiger partial charge in [-0.05, 0) is 51.7 Å². The molecule has 0 spiro atoms. The maximum Gasteiger partial charge on any atom is 0.321 e. The summed E-state index contributed by atoms with van der Waals surface area (Å²) in [5.74, 6) is 0. The molecule has 0 unspecified atom stereocenters. The lowest BCUT2D eigenvalue weighted by atomic mass is 10.1. The molecule has 0 radical (unpaired) electrons. The van der Waals surface area contributed by atoms with Crippen LogP contribution in [0.5, 0.6) is 0 Å². The van der Waals surface area contributed by atoms with Gasteiger partial charge >= 0.3 is 6.03 Å². The van der Waals surface area contributed by atoms with Gasteiger partial charge in [0, 0.05) is 38.4 Å². The molecule has 26 heavy (non-hydrogen) atoms. The fourth-order valence-electron chi connectivity index (χ4n) is 3.44. The van der Waals surface area contributed by atoms with Crippen molar-refractivity contribution in [3.8, 4) is 0 Å². The monoisotopic (exact) mass is 365 g/mol.